The van der Waals surface area contributed by atoms with Gasteiger partial charge in [0.05, 0.1) is 22.0 Å². The van der Waals surface area contributed by atoms with Gasteiger partial charge in [0, 0.05) is 11.6 Å². The first-order chi connectivity index (χ1) is 8.75. The zero-order valence-electron chi connectivity index (χ0n) is 9.42. The summed E-state index contributed by atoms with van der Waals surface area (Å²) in [6, 6.07) is -0.163. The van der Waals surface area contributed by atoms with Gasteiger partial charge in [0.25, 0.3) is 11.4 Å². The minimum Gasteiger partial charge on any atom is -0.480 e. The van der Waals surface area contributed by atoms with Gasteiger partial charge in [0.2, 0.25) is 0 Å². The number of nitrogens with zero attached hydrogens (tertiary/aromatic N) is 2. The van der Waals surface area contributed by atoms with Crippen molar-refractivity contribution in [2.75, 3.05) is 0 Å². The normalized spacial score (nSPS) is 13.6. The molecule has 0 aromatic heterocycles. The first-order valence-electron chi connectivity index (χ1n) is 4.92. The molecule has 1 aromatic rings. The monoisotopic (exact) mass is 270 g/mol. The van der Waals surface area contributed by atoms with Crippen LogP contribution in [-0.4, -0.2) is 27.0 Å². The number of hydrogen-bond donors (Lipinski definition) is 3. The minimum atomic E-state index is -1.56. The van der Waals surface area contributed by atoms with Gasteiger partial charge in [-0.15, -0.1) is 0 Å². The Kier molecular flexibility index (Phi) is 4.09. The molecule has 0 bridgehead atoms. The average Bonchev–Trinajstić information content (AvgIpc) is 2.35. The molecule has 0 heterocycles. The lowest BCUT2D eigenvalue weighted by atomic mass is 9.99. The molecule has 0 spiro atoms. The zero-order chi connectivity index (χ0) is 14.7. The van der Waals surface area contributed by atoms with E-state index >= 15 is 0 Å². The molecule has 1 rings (SSSR count). The molecule has 19 heavy (non-hydrogen) atoms. The number of hydrogen-bond acceptors (Lipinski definition) is 7. The van der Waals surface area contributed by atoms with Gasteiger partial charge < -0.3 is 16.6 Å². The summed E-state index contributed by atoms with van der Waals surface area (Å²) in [7, 11) is 0. The minimum absolute atomic E-state index is 0.175. The number of benzene rings is 1. The quantitative estimate of drug-likeness (QED) is 0.491. The molecule has 2 unspecified atom stereocenters. The maximum absolute atomic E-state index is 10.8. The van der Waals surface area contributed by atoms with Crippen LogP contribution in [0, 0.1) is 20.2 Å². The molecule has 1 aromatic carbocycles. The van der Waals surface area contributed by atoms with E-state index in [-0.39, 0.29) is 5.56 Å². The third-order valence-electron chi connectivity index (χ3n) is 2.45. The SMILES string of the molecule is NC(C(=O)O)C(N)c1ccc([N+](=O)[O-])cc1[N+](=O)[O-]. The van der Waals surface area contributed by atoms with Gasteiger partial charge in [-0.1, -0.05) is 0 Å². The predicted octanol–water partition coefficient (Wildman–Crippen LogP) is -0.0853. The van der Waals surface area contributed by atoms with E-state index in [1.54, 1.807) is 0 Å². The van der Waals surface area contributed by atoms with Crippen molar-refractivity contribution in [2.45, 2.75) is 12.1 Å². The van der Waals surface area contributed by atoms with Crippen molar-refractivity contribution in [2.24, 2.45) is 11.5 Å². The molecule has 102 valence electrons. The van der Waals surface area contributed by atoms with Crippen molar-refractivity contribution in [3.05, 3.63) is 44.0 Å². The fraction of sp³-hybridized carbons (Fsp3) is 0.222. The highest BCUT2D eigenvalue weighted by atomic mass is 16.6. The van der Waals surface area contributed by atoms with E-state index in [2.05, 4.69) is 0 Å². The van der Waals surface area contributed by atoms with Crippen LogP contribution in [0.3, 0.4) is 0 Å². The molecule has 0 aliphatic carbocycles. The second-order valence-electron chi connectivity index (χ2n) is 3.65. The summed E-state index contributed by atoms with van der Waals surface area (Å²) in [5.74, 6) is -1.43. The van der Waals surface area contributed by atoms with Crippen LogP contribution in [0.5, 0.6) is 0 Å². The third kappa shape index (κ3) is 3.00. The highest BCUT2D eigenvalue weighted by Crippen LogP contribution is 2.29. The molecule has 10 heteroatoms. The van der Waals surface area contributed by atoms with Crippen LogP contribution in [-0.2, 0) is 4.79 Å². The highest BCUT2D eigenvalue weighted by Gasteiger charge is 2.29. The molecule has 0 amide bonds. The maximum atomic E-state index is 10.8. The van der Waals surface area contributed by atoms with Gasteiger partial charge >= 0.3 is 5.97 Å². The topological polar surface area (TPSA) is 176 Å². The predicted molar refractivity (Wildman–Crippen MR) is 62.3 cm³/mol. The number of carboxylic acid groups (broad SMARTS) is 1. The zero-order valence-corrected chi connectivity index (χ0v) is 9.42. The standard InChI is InChI=1S/C9H10N4O6/c10-7(8(11)9(14)15)5-2-1-4(12(16)17)3-6(5)13(18)19/h1-3,7-8H,10-11H2,(H,14,15). The summed E-state index contributed by atoms with van der Waals surface area (Å²) in [6.45, 7) is 0. The van der Waals surface area contributed by atoms with Crippen molar-refractivity contribution >= 4 is 17.3 Å². The summed E-state index contributed by atoms with van der Waals surface area (Å²) in [4.78, 5) is 30.4. The van der Waals surface area contributed by atoms with Gasteiger partial charge in [-0.2, -0.15) is 0 Å². The van der Waals surface area contributed by atoms with Gasteiger partial charge in [0.1, 0.15) is 6.04 Å². The Morgan fingerprint density at radius 3 is 2.21 bits per heavy atom. The summed E-state index contributed by atoms with van der Waals surface area (Å²) in [5, 5.41) is 30.1. The van der Waals surface area contributed by atoms with Crippen molar-refractivity contribution in [1.82, 2.24) is 0 Å². The lowest BCUT2D eigenvalue weighted by molar-refractivity contribution is -0.394. The van der Waals surface area contributed by atoms with Crippen LogP contribution in [0.4, 0.5) is 11.4 Å². The molecule has 0 saturated carbocycles. The van der Waals surface area contributed by atoms with Crippen molar-refractivity contribution in [1.29, 1.82) is 0 Å². The number of carboxylic acids is 1. The number of carbonyl (C=O) groups is 1. The van der Waals surface area contributed by atoms with E-state index in [1.165, 1.54) is 0 Å². The largest absolute Gasteiger partial charge is 0.480 e. The first-order valence-corrected chi connectivity index (χ1v) is 4.92. The molecule has 0 radical (unpaired) electrons. The smallest absolute Gasteiger partial charge is 0.322 e. The van der Waals surface area contributed by atoms with Crippen LogP contribution in [0.15, 0.2) is 18.2 Å². The van der Waals surface area contributed by atoms with Crippen LogP contribution in [0.25, 0.3) is 0 Å². The van der Waals surface area contributed by atoms with Gasteiger partial charge in [-0.25, -0.2) is 0 Å². The molecule has 0 saturated heterocycles. The van der Waals surface area contributed by atoms with Crippen LogP contribution >= 0.6 is 0 Å². The van der Waals surface area contributed by atoms with Crippen LogP contribution in [0.2, 0.25) is 0 Å². The lowest BCUT2D eigenvalue weighted by Crippen LogP contribution is -2.41. The van der Waals surface area contributed by atoms with E-state index in [9.17, 15) is 25.0 Å². The van der Waals surface area contributed by atoms with Gasteiger partial charge in [-0.05, 0) is 6.07 Å². The van der Waals surface area contributed by atoms with Crippen LogP contribution in [0.1, 0.15) is 11.6 Å². The van der Waals surface area contributed by atoms with Crippen molar-refractivity contribution < 1.29 is 19.7 Å². The van der Waals surface area contributed by atoms with Crippen molar-refractivity contribution in [3.8, 4) is 0 Å². The molecule has 2 atom stereocenters. The Balaban J connectivity index is 3.31. The Morgan fingerprint density at radius 1 is 1.21 bits per heavy atom. The summed E-state index contributed by atoms with van der Waals surface area (Å²) in [5.41, 5.74) is 9.49. The molecule has 0 aliphatic rings. The Labute approximate surface area is 105 Å². The summed E-state index contributed by atoms with van der Waals surface area (Å²) in [6.07, 6.45) is 0. The van der Waals surface area contributed by atoms with E-state index in [4.69, 9.17) is 16.6 Å². The Morgan fingerprint density at radius 2 is 1.79 bits per heavy atom. The third-order valence-corrected chi connectivity index (χ3v) is 2.45. The Bertz CT molecular complexity index is 546. The number of non-ortho nitro benzene ring substituents is 1. The Hall–Kier alpha value is -2.59. The lowest BCUT2D eigenvalue weighted by Gasteiger charge is -2.16. The van der Waals surface area contributed by atoms with Crippen LogP contribution < -0.4 is 11.5 Å². The van der Waals surface area contributed by atoms with Crippen molar-refractivity contribution in [3.63, 3.8) is 0 Å². The number of nitro groups is 2. The second kappa shape index (κ2) is 5.37. The number of rotatable bonds is 5. The molecular weight excluding hydrogens is 260 g/mol. The number of nitro benzene ring substituents is 2. The summed E-state index contributed by atoms with van der Waals surface area (Å²) >= 11 is 0. The highest BCUT2D eigenvalue weighted by molar-refractivity contribution is 5.75. The average molecular weight is 270 g/mol. The van der Waals surface area contributed by atoms with Gasteiger partial charge in [0.15, 0.2) is 0 Å². The molecule has 10 nitrogen and oxygen atoms in total. The first kappa shape index (κ1) is 14.5. The molecule has 5 N–H and O–H groups in total. The molecule has 0 aliphatic heterocycles. The summed E-state index contributed by atoms with van der Waals surface area (Å²) < 4.78 is 0. The number of aliphatic carboxylic acids is 1. The van der Waals surface area contributed by atoms with E-state index in [1.807, 2.05) is 0 Å². The van der Waals surface area contributed by atoms with E-state index < -0.39 is 39.3 Å². The number of nitrogens with two attached hydrogens (primary N) is 2. The second-order valence-corrected chi connectivity index (χ2v) is 3.65. The fourth-order valence-corrected chi connectivity index (χ4v) is 1.43. The molecular formula is C9H10N4O6. The molecule has 0 fully saturated rings. The van der Waals surface area contributed by atoms with E-state index in [0.717, 1.165) is 12.1 Å². The van der Waals surface area contributed by atoms with E-state index in [0.29, 0.717) is 6.07 Å². The maximum Gasteiger partial charge on any atom is 0.322 e. The fourth-order valence-electron chi connectivity index (χ4n) is 1.43. The van der Waals surface area contributed by atoms with Gasteiger partial charge in [-0.3, -0.25) is 25.0 Å².